The summed E-state index contributed by atoms with van der Waals surface area (Å²) in [6.07, 6.45) is 4.02. The second-order valence-corrected chi connectivity index (χ2v) is 4.92. The van der Waals surface area contributed by atoms with Crippen LogP contribution in [-0.2, 0) is 6.54 Å². The van der Waals surface area contributed by atoms with Crippen LogP contribution in [0.2, 0.25) is 0 Å². The number of rotatable bonds is 4. The fourth-order valence-corrected chi connectivity index (χ4v) is 2.51. The highest BCUT2D eigenvalue weighted by molar-refractivity contribution is 5.33. The Kier molecular flexibility index (Phi) is 3.95. The third kappa shape index (κ3) is 2.69. The van der Waals surface area contributed by atoms with E-state index in [-0.39, 0.29) is 18.0 Å². The van der Waals surface area contributed by atoms with Crippen molar-refractivity contribution in [1.29, 1.82) is 5.26 Å². The van der Waals surface area contributed by atoms with Crippen molar-refractivity contribution >= 4 is 0 Å². The van der Waals surface area contributed by atoms with Crippen molar-refractivity contribution < 1.29 is 9.50 Å². The van der Waals surface area contributed by atoms with Crippen LogP contribution in [0.15, 0.2) is 18.2 Å². The molecule has 0 aliphatic heterocycles. The molecule has 0 amide bonds. The smallest absolute Gasteiger partial charge is 0.127 e. The van der Waals surface area contributed by atoms with Crippen LogP contribution in [0, 0.1) is 17.1 Å². The first kappa shape index (κ1) is 13.0. The van der Waals surface area contributed by atoms with Crippen LogP contribution in [0.3, 0.4) is 0 Å². The number of benzene rings is 1. The molecule has 0 aromatic heterocycles. The van der Waals surface area contributed by atoms with Gasteiger partial charge in [-0.2, -0.15) is 5.26 Å². The Bertz CT molecular complexity index is 461. The van der Waals surface area contributed by atoms with Crippen LogP contribution >= 0.6 is 0 Å². The molecule has 1 fully saturated rings. The first-order valence-corrected chi connectivity index (χ1v) is 6.23. The maximum absolute atomic E-state index is 13.6. The third-order valence-corrected chi connectivity index (χ3v) is 3.69. The number of nitrogens with zero attached hydrogens (tertiary/aromatic N) is 1. The summed E-state index contributed by atoms with van der Waals surface area (Å²) >= 11 is 0. The van der Waals surface area contributed by atoms with Gasteiger partial charge in [-0.1, -0.05) is 12.8 Å². The van der Waals surface area contributed by atoms with Gasteiger partial charge >= 0.3 is 0 Å². The van der Waals surface area contributed by atoms with E-state index in [1.807, 2.05) is 6.07 Å². The molecule has 1 aromatic rings. The second kappa shape index (κ2) is 5.47. The van der Waals surface area contributed by atoms with Gasteiger partial charge in [0.05, 0.1) is 18.2 Å². The lowest BCUT2D eigenvalue weighted by atomic mass is 9.98. The summed E-state index contributed by atoms with van der Waals surface area (Å²) < 4.78 is 13.6. The summed E-state index contributed by atoms with van der Waals surface area (Å²) in [7, 11) is 0. The Balaban J connectivity index is 2.08. The summed E-state index contributed by atoms with van der Waals surface area (Å²) in [6, 6.07) is 6.34. The molecular weight excluding hydrogens is 231 g/mol. The van der Waals surface area contributed by atoms with Crippen LogP contribution in [-0.4, -0.2) is 17.3 Å². The number of hydrogen-bond acceptors (Lipinski definition) is 3. The number of halogens is 1. The van der Waals surface area contributed by atoms with Crippen LogP contribution in [0.25, 0.3) is 0 Å². The maximum Gasteiger partial charge on any atom is 0.127 e. The van der Waals surface area contributed by atoms with Crippen LogP contribution < -0.4 is 5.32 Å². The Morgan fingerprint density at radius 3 is 2.72 bits per heavy atom. The molecule has 0 bridgehead atoms. The van der Waals surface area contributed by atoms with Gasteiger partial charge in [-0.25, -0.2) is 4.39 Å². The van der Waals surface area contributed by atoms with Crippen molar-refractivity contribution in [2.24, 2.45) is 0 Å². The average Bonchev–Trinajstić information content (AvgIpc) is 2.87. The van der Waals surface area contributed by atoms with Crippen molar-refractivity contribution in [2.45, 2.75) is 37.8 Å². The van der Waals surface area contributed by atoms with Gasteiger partial charge in [-0.15, -0.1) is 0 Å². The minimum absolute atomic E-state index is 0.0760. The van der Waals surface area contributed by atoms with Gasteiger partial charge in [-0.3, -0.25) is 0 Å². The molecule has 4 heteroatoms. The summed E-state index contributed by atoms with van der Waals surface area (Å²) in [5, 5.41) is 21.5. The Morgan fingerprint density at radius 2 is 2.11 bits per heavy atom. The van der Waals surface area contributed by atoms with E-state index in [4.69, 9.17) is 5.26 Å². The molecule has 18 heavy (non-hydrogen) atoms. The molecule has 1 saturated carbocycles. The van der Waals surface area contributed by atoms with Gasteiger partial charge in [-0.05, 0) is 31.0 Å². The summed E-state index contributed by atoms with van der Waals surface area (Å²) in [5.74, 6) is -0.312. The second-order valence-electron chi connectivity index (χ2n) is 4.92. The lowest BCUT2D eigenvalue weighted by Crippen LogP contribution is -2.45. The zero-order valence-electron chi connectivity index (χ0n) is 10.2. The van der Waals surface area contributed by atoms with E-state index in [1.54, 1.807) is 6.07 Å². The molecule has 0 heterocycles. The van der Waals surface area contributed by atoms with Crippen molar-refractivity contribution in [3.8, 4) is 6.07 Å². The zero-order valence-corrected chi connectivity index (χ0v) is 10.2. The molecule has 0 unspecified atom stereocenters. The Hall–Kier alpha value is -1.44. The minimum Gasteiger partial charge on any atom is -0.394 e. The lowest BCUT2D eigenvalue weighted by molar-refractivity contribution is 0.162. The molecule has 2 N–H and O–H groups in total. The molecule has 3 nitrogen and oxygen atoms in total. The zero-order chi connectivity index (χ0) is 13.0. The molecule has 0 atom stereocenters. The molecule has 1 aliphatic carbocycles. The van der Waals surface area contributed by atoms with Crippen molar-refractivity contribution in [3.63, 3.8) is 0 Å². The van der Waals surface area contributed by atoms with E-state index in [2.05, 4.69) is 5.32 Å². The predicted molar refractivity (Wildman–Crippen MR) is 66.2 cm³/mol. The van der Waals surface area contributed by atoms with Crippen molar-refractivity contribution in [2.75, 3.05) is 6.61 Å². The van der Waals surface area contributed by atoms with E-state index in [9.17, 15) is 9.50 Å². The van der Waals surface area contributed by atoms with E-state index >= 15 is 0 Å². The summed E-state index contributed by atoms with van der Waals surface area (Å²) in [4.78, 5) is 0. The standard InChI is InChI=1S/C14H17FN2O/c15-13-4-3-11(8-16)7-12(13)9-17-14(10-18)5-1-2-6-14/h3-4,7,17-18H,1-2,5-6,9-10H2. The number of aliphatic hydroxyl groups is 1. The molecule has 96 valence electrons. The monoisotopic (exact) mass is 248 g/mol. The van der Waals surface area contributed by atoms with Gasteiger partial charge < -0.3 is 10.4 Å². The van der Waals surface area contributed by atoms with E-state index in [0.717, 1.165) is 25.7 Å². The van der Waals surface area contributed by atoms with Crippen LogP contribution in [0.1, 0.15) is 36.8 Å². The SMILES string of the molecule is N#Cc1ccc(F)c(CNC2(CO)CCCC2)c1. The number of aliphatic hydroxyl groups excluding tert-OH is 1. The quantitative estimate of drug-likeness (QED) is 0.857. The van der Waals surface area contributed by atoms with E-state index < -0.39 is 0 Å². The van der Waals surface area contributed by atoms with Crippen LogP contribution in [0.5, 0.6) is 0 Å². The predicted octanol–water partition coefficient (Wildman–Crippen LogP) is 2.09. The fraction of sp³-hybridized carbons (Fsp3) is 0.500. The van der Waals surface area contributed by atoms with Gasteiger partial charge in [0.2, 0.25) is 0 Å². The van der Waals surface area contributed by atoms with Crippen molar-refractivity contribution in [1.82, 2.24) is 5.32 Å². The number of nitrogens with one attached hydrogen (secondary N) is 1. The molecule has 0 saturated heterocycles. The highest BCUT2D eigenvalue weighted by atomic mass is 19.1. The van der Waals surface area contributed by atoms with Gasteiger partial charge in [0.15, 0.2) is 0 Å². The number of nitriles is 1. The highest BCUT2D eigenvalue weighted by Gasteiger charge is 2.32. The molecular formula is C14H17FN2O. The minimum atomic E-state index is -0.312. The summed E-state index contributed by atoms with van der Waals surface area (Å²) in [5.41, 5.74) is 0.668. The molecule has 0 spiro atoms. The first-order chi connectivity index (χ1) is 8.69. The van der Waals surface area contributed by atoms with E-state index in [1.165, 1.54) is 12.1 Å². The first-order valence-electron chi connectivity index (χ1n) is 6.23. The maximum atomic E-state index is 13.6. The molecule has 2 rings (SSSR count). The third-order valence-electron chi connectivity index (χ3n) is 3.69. The average molecular weight is 248 g/mol. The lowest BCUT2D eigenvalue weighted by Gasteiger charge is -2.28. The largest absolute Gasteiger partial charge is 0.394 e. The van der Waals surface area contributed by atoms with Crippen molar-refractivity contribution in [3.05, 3.63) is 35.1 Å². The van der Waals surface area contributed by atoms with Gasteiger partial charge in [0.1, 0.15) is 5.82 Å². The Labute approximate surface area is 106 Å². The fourth-order valence-electron chi connectivity index (χ4n) is 2.51. The van der Waals surface area contributed by atoms with E-state index in [0.29, 0.717) is 17.7 Å². The van der Waals surface area contributed by atoms with Gasteiger partial charge in [0.25, 0.3) is 0 Å². The highest BCUT2D eigenvalue weighted by Crippen LogP contribution is 2.29. The van der Waals surface area contributed by atoms with Gasteiger partial charge in [0, 0.05) is 17.6 Å². The molecule has 1 aromatic carbocycles. The van der Waals surface area contributed by atoms with Crippen LogP contribution in [0.4, 0.5) is 4.39 Å². The number of hydrogen-bond donors (Lipinski definition) is 2. The summed E-state index contributed by atoms with van der Waals surface area (Å²) in [6.45, 7) is 0.425. The Morgan fingerprint density at radius 1 is 1.39 bits per heavy atom. The molecule has 0 radical (unpaired) electrons. The molecule has 1 aliphatic rings. The normalized spacial score (nSPS) is 17.6. The topological polar surface area (TPSA) is 56.0 Å².